The highest BCUT2D eigenvalue weighted by atomic mass is 16.5. The van der Waals surface area contributed by atoms with Crippen molar-refractivity contribution in [3.63, 3.8) is 0 Å². The Bertz CT molecular complexity index is 4010. The molecule has 116 heavy (non-hydrogen) atoms. The topological polar surface area (TPSA) is 335 Å². The Kier molecular flexibility index (Phi) is 33.3. The number of hydrogen-bond donors (Lipinski definition) is 8. The van der Waals surface area contributed by atoms with Gasteiger partial charge in [-0.15, -0.1) is 47.4 Å². The Balaban J connectivity index is 0.000000177. The Morgan fingerprint density at radius 1 is 0.345 bits per heavy atom. The monoisotopic (exact) mass is 1580 g/mol. The first-order valence-corrected chi connectivity index (χ1v) is 40.9. The van der Waals surface area contributed by atoms with Gasteiger partial charge in [0.2, 0.25) is 0 Å². The van der Waals surface area contributed by atoms with Crippen LogP contribution in [0, 0.1) is 94.7 Å². The van der Waals surface area contributed by atoms with Crippen molar-refractivity contribution in [2.75, 3.05) is 0 Å². The van der Waals surface area contributed by atoms with Crippen LogP contribution < -0.4 is 18.9 Å². The number of benzene rings is 4. The number of carboxylic acid groups (broad SMARTS) is 4. The third-order valence-electron chi connectivity index (χ3n) is 23.5. The number of para-hydroxylation sites is 4. The SMILES string of the molecule is CC#CC[C@@H](C)C(=O)/C=C/[C@@H]1[C@H]2c3cccc(CCCC(=O)O)c3O[C@H]2C[C@H]1O.CC#CC[C@@H](C)C(=O)/C=C/[C@H]1[C@@H]2c3cccc(CCCC(=O)O)c3O[C@@H]2C[C@@H]1O.CC#CC[C@H](C)C(=O)/C=C/[C@@H]1[C@H]2c3cccc(CCCC(=O)O)c3O[C@H]2C[C@H]1O.CC#CC[C@H](C)C(=O)/C=C/[C@H]1[C@@H]2c3cccc(CCCC(=O)O)c3O[C@@H]2C[C@@H]1O. The molecule has 8 N–H and O–H groups in total. The molecule has 20 nitrogen and oxygen atoms in total. The Morgan fingerprint density at radius 2 is 0.543 bits per heavy atom. The summed E-state index contributed by atoms with van der Waals surface area (Å²) < 4.78 is 24.7. The van der Waals surface area contributed by atoms with Crippen molar-refractivity contribution in [2.45, 2.75) is 256 Å². The number of aliphatic hydroxyl groups excluding tert-OH is 4. The summed E-state index contributed by atoms with van der Waals surface area (Å²) in [6.45, 7) is 14.5. The summed E-state index contributed by atoms with van der Waals surface area (Å²) in [5, 5.41) is 77.7. The summed E-state index contributed by atoms with van der Waals surface area (Å²) in [5.41, 5.74) is 8.24. The summed E-state index contributed by atoms with van der Waals surface area (Å²) in [6.07, 6.45) is 20.6. The number of carbonyl (C=O) groups excluding carboxylic acids is 4. The van der Waals surface area contributed by atoms with Crippen LogP contribution in [0.3, 0.4) is 0 Å². The molecule has 4 aliphatic carbocycles. The zero-order chi connectivity index (χ0) is 83.9. The van der Waals surface area contributed by atoms with Crippen LogP contribution in [-0.2, 0) is 64.0 Å². The van der Waals surface area contributed by atoms with Crippen molar-refractivity contribution in [3.05, 3.63) is 166 Å². The molecule has 0 saturated heterocycles. The molecule has 4 aromatic rings. The largest absolute Gasteiger partial charge is 0.489 e. The van der Waals surface area contributed by atoms with Gasteiger partial charge in [-0.05, 0) is 126 Å². The van der Waals surface area contributed by atoms with Gasteiger partial charge in [0.05, 0.1) is 24.4 Å². The zero-order valence-corrected chi connectivity index (χ0v) is 67.7. The van der Waals surface area contributed by atoms with E-state index < -0.39 is 48.3 Å². The number of aliphatic carboxylic acids is 4. The lowest BCUT2D eigenvalue weighted by Crippen LogP contribution is -2.17. The lowest BCUT2D eigenvalue weighted by molar-refractivity contribution is -0.138. The molecule has 4 aromatic carbocycles. The number of ether oxygens (including phenoxy) is 4. The van der Waals surface area contributed by atoms with E-state index in [1.807, 2.05) is 125 Å². The van der Waals surface area contributed by atoms with Gasteiger partial charge in [-0.25, -0.2) is 0 Å². The first kappa shape index (κ1) is 89.6. The van der Waals surface area contributed by atoms with Crippen LogP contribution in [0.15, 0.2) is 121 Å². The highest BCUT2D eigenvalue weighted by molar-refractivity contribution is 5.93. The fraction of sp³-hybridized carbons (Fsp3) is 0.500. The minimum absolute atomic E-state index is 0.00853. The van der Waals surface area contributed by atoms with Gasteiger partial charge in [-0.3, -0.25) is 38.4 Å². The van der Waals surface area contributed by atoms with Crippen molar-refractivity contribution >= 4 is 47.0 Å². The van der Waals surface area contributed by atoms with Crippen molar-refractivity contribution in [1.29, 1.82) is 0 Å². The van der Waals surface area contributed by atoms with Crippen LogP contribution in [-0.4, -0.2) is 137 Å². The van der Waals surface area contributed by atoms with E-state index in [1.165, 1.54) is 0 Å². The average Bonchev–Trinajstić information content (AvgIpc) is 1.62. The van der Waals surface area contributed by atoms with E-state index in [0.717, 1.165) is 67.5 Å². The smallest absolute Gasteiger partial charge is 0.303 e. The minimum Gasteiger partial charge on any atom is -0.489 e. The van der Waals surface area contributed by atoms with Gasteiger partial charge in [-0.2, -0.15) is 0 Å². The van der Waals surface area contributed by atoms with E-state index >= 15 is 0 Å². The molecule has 20 heteroatoms. The highest BCUT2D eigenvalue weighted by Gasteiger charge is 2.53. The molecular weight excluding hydrogens is 1470 g/mol. The molecule has 0 amide bonds. The summed E-state index contributed by atoms with van der Waals surface area (Å²) in [5.74, 6) is 21.8. The predicted octanol–water partition coefficient (Wildman–Crippen LogP) is 14.0. The summed E-state index contributed by atoms with van der Waals surface area (Å²) in [7, 11) is 0. The van der Waals surface area contributed by atoms with Crippen LogP contribution in [0.1, 0.15) is 226 Å². The summed E-state index contributed by atoms with van der Waals surface area (Å²) in [4.78, 5) is 92.6. The van der Waals surface area contributed by atoms with Gasteiger partial charge in [0, 0.05) is 170 Å². The van der Waals surface area contributed by atoms with Crippen molar-refractivity contribution in [1.82, 2.24) is 0 Å². The number of ketones is 4. The number of carboxylic acids is 4. The quantitative estimate of drug-likeness (QED) is 0.0166. The standard InChI is InChI=1S/4C24H28O5/c4*1-3-4-7-15(2)19(25)13-12-17-20(26)14-21-23(17)18-10-5-8-16(24(18)29-21)9-6-11-22(27)28/h4*5,8,10,12-13,15,17,20-21,23,26H,6-7,9,11,14H2,1-2H3,(H,27,28)/b4*13-12+/t2*15-,17+,20-,21+,23+;2*15-,17-,20+,21-,23-/m1010/s1. The average molecular weight is 1590 g/mol. The number of rotatable bonds is 32. The highest BCUT2D eigenvalue weighted by Crippen LogP contribution is 2.56. The van der Waals surface area contributed by atoms with Crippen molar-refractivity contribution in [2.24, 2.45) is 47.3 Å². The number of carbonyl (C=O) groups is 8. The maximum absolute atomic E-state index is 12.4. The fourth-order valence-corrected chi connectivity index (χ4v) is 17.3. The number of hydrogen-bond acceptors (Lipinski definition) is 16. The van der Waals surface area contributed by atoms with Crippen LogP contribution in [0.4, 0.5) is 0 Å². The summed E-state index contributed by atoms with van der Waals surface area (Å²) in [6, 6.07) is 23.8. The molecule has 12 rings (SSSR count). The molecule has 8 aliphatic rings. The molecular formula is C96H112O20. The molecule has 20 atom stereocenters. The minimum atomic E-state index is -0.799. The van der Waals surface area contributed by atoms with Gasteiger partial charge >= 0.3 is 23.9 Å². The second kappa shape index (κ2) is 43.0. The van der Waals surface area contributed by atoms with Gasteiger partial charge < -0.3 is 59.8 Å². The molecule has 0 radical (unpaired) electrons. The van der Waals surface area contributed by atoms with Crippen LogP contribution in [0.25, 0.3) is 0 Å². The van der Waals surface area contributed by atoms with Crippen molar-refractivity contribution in [3.8, 4) is 70.4 Å². The molecule has 4 aliphatic heterocycles. The second-order valence-corrected chi connectivity index (χ2v) is 31.8. The number of allylic oxidation sites excluding steroid dienone is 4. The number of aliphatic hydroxyl groups is 4. The zero-order valence-electron chi connectivity index (χ0n) is 67.7. The molecule has 0 aromatic heterocycles. The third kappa shape index (κ3) is 23.1. The first-order valence-electron chi connectivity index (χ1n) is 40.9. The van der Waals surface area contributed by atoms with E-state index in [4.69, 9.17) is 39.4 Å². The van der Waals surface area contributed by atoms with E-state index in [2.05, 4.69) is 47.4 Å². The predicted molar refractivity (Wildman–Crippen MR) is 439 cm³/mol. The Hall–Kier alpha value is -10.3. The van der Waals surface area contributed by atoms with E-state index in [9.17, 15) is 58.8 Å². The Labute approximate surface area is 681 Å². The lowest BCUT2D eigenvalue weighted by atomic mass is 9.86. The first-order chi connectivity index (χ1) is 55.7. The molecule has 0 spiro atoms. The molecule has 4 heterocycles. The molecule has 4 saturated carbocycles. The molecule has 0 bridgehead atoms. The van der Waals surface area contributed by atoms with Gasteiger partial charge in [0.1, 0.15) is 47.4 Å². The normalized spacial score (nSPS) is 25.6. The third-order valence-corrected chi connectivity index (χ3v) is 23.5. The van der Waals surface area contributed by atoms with E-state index in [1.54, 1.807) is 52.0 Å². The van der Waals surface area contributed by atoms with Crippen molar-refractivity contribution < 1.29 is 98.2 Å². The number of aryl methyl sites for hydroxylation is 4. The van der Waals surface area contributed by atoms with E-state index in [-0.39, 0.29) is 144 Å². The van der Waals surface area contributed by atoms with Crippen LogP contribution >= 0.6 is 0 Å². The molecule has 4 fully saturated rings. The maximum Gasteiger partial charge on any atom is 0.303 e. The lowest BCUT2D eigenvalue weighted by Gasteiger charge is -2.17. The van der Waals surface area contributed by atoms with E-state index in [0.29, 0.717) is 103 Å². The molecule has 0 unspecified atom stereocenters. The van der Waals surface area contributed by atoms with Gasteiger partial charge in [0.25, 0.3) is 0 Å². The fourth-order valence-electron chi connectivity index (χ4n) is 17.3. The van der Waals surface area contributed by atoms with Gasteiger partial charge in [0.15, 0.2) is 23.1 Å². The second-order valence-electron chi connectivity index (χ2n) is 31.8. The maximum atomic E-state index is 12.4. The Morgan fingerprint density at radius 3 is 0.724 bits per heavy atom. The van der Waals surface area contributed by atoms with Crippen LogP contribution in [0.5, 0.6) is 23.0 Å². The number of fused-ring (bicyclic) bond motifs is 12. The summed E-state index contributed by atoms with van der Waals surface area (Å²) >= 11 is 0. The van der Waals surface area contributed by atoms with Crippen LogP contribution in [0.2, 0.25) is 0 Å². The van der Waals surface area contributed by atoms with Gasteiger partial charge in [-0.1, -0.05) is 125 Å². The molecule has 616 valence electrons.